The maximum Gasteiger partial charge on any atom is 0.229 e. The zero-order valence-electron chi connectivity index (χ0n) is 11.3. The number of nitrogens with zero attached hydrogens (tertiary/aromatic N) is 2. The van der Waals surface area contributed by atoms with Crippen LogP contribution in [-0.4, -0.2) is 41.0 Å². The Morgan fingerprint density at radius 3 is 2.67 bits per heavy atom. The van der Waals surface area contributed by atoms with Gasteiger partial charge >= 0.3 is 0 Å². The van der Waals surface area contributed by atoms with E-state index in [1.165, 1.54) is 0 Å². The molecule has 1 aliphatic rings. The number of pyridine rings is 1. The zero-order valence-corrected chi connectivity index (χ0v) is 11.3. The van der Waals surface area contributed by atoms with Gasteiger partial charge in [0.05, 0.1) is 5.92 Å². The third-order valence-corrected chi connectivity index (χ3v) is 3.42. The van der Waals surface area contributed by atoms with E-state index in [1.54, 1.807) is 12.4 Å². The molecular weight excluding hydrogens is 226 g/mol. The second-order valence-corrected chi connectivity index (χ2v) is 5.22. The molecule has 1 aliphatic heterocycles. The third kappa shape index (κ3) is 2.88. The lowest BCUT2D eigenvalue weighted by molar-refractivity contribution is -0.134. The smallest absolute Gasteiger partial charge is 0.229 e. The fraction of sp³-hybridized carbons (Fsp3) is 0.571. The quantitative estimate of drug-likeness (QED) is 0.859. The first-order chi connectivity index (χ1) is 8.58. The molecule has 1 saturated heterocycles. The highest BCUT2D eigenvalue weighted by atomic mass is 16.2. The Hall–Kier alpha value is -1.42. The van der Waals surface area contributed by atoms with Gasteiger partial charge in [0.2, 0.25) is 5.91 Å². The Morgan fingerprint density at radius 2 is 2.11 bits per heavy atom. The SMILES string of the molecule is CC1CN(C(=O)C(C)c2cccnc2)CC(C)N1. The van der Waals surface area contributed by atoms with Crippen LogP contribution in [0.2, 0.25) is 0 Å². The fourth-order valence-electron chi connectivity index (χ4n) is 2.56. The summed E-state index contributed by atoms with van der Waals surface area (Å²) < 4.78 is 0. The van der Waals surface area contributed by atoms with E-state index in [4.69, 9.17) is 0 Å². The molecule has 98 valence electrons. The molecule has 1 N–H and O–H groups in total. The molecule has 18 heavy (non-hydrogen) atoms. The van der Waals surface area contributed by atoms with Gasteiger partial charge in [0.15, 0.2) is 0 Å². The van der Waals surface area contributed by atoms with Gasteiger partial charge in [-0.15, -0.1) is 0 Å². The monoisotopic (exact) mass is 247 g/mol. The van der Waals surface area contributed by atoms with Gasteiger partial charge in [-0.25, -0.2) is 0 Å². The molecule has 1 aromatic heterocycles. The first-order valence-corrected chi connectivity index (χ1v) is 6.52. The van der Waals surface area contributed by atoms with E-state index in [-0.39, 0.29) is 11.8 Å². The topological polar surface area (TPSA) is 45.2 Å². The Kier molecular flexibility index (Phi) is 3.97. The van der Waals surface area contributed by atoms with E-state index in [9.17, 15) is 4.79 Å². The molecule has 0 bridgehead atoms. The van der Waals surface area contributed by atoms with Crippen LogP contribution in [0, 0.1) is 0 Å². The summed E-state index contributed by atoms with van der Waals surface area (Å²) in [5, 5.41) is 3.44. The van der Waals surface area contributed by atoms with Crippen LogP contribution < -0.4 is 5.32 Å². The third-order valence-electron chi connectivity index (χ3n) is 3.42. The Labute approximate surface area is 108 Å². The van der Waals surface area contributed by atoms with E-state index in [1.807, 2.05) is 24.0 Å². The van der Waals surface area contributed by atoms with Crippen molar-refractivity contribution in [2.24, 2.45) is 0 Å². The summed E-state index contributed by atoms with van der Waals surface area (Å²) in [5.41, 5.74) is 0.987. The van der Waals surface area contributed by atoms with Gasteiger partial charge in [0, 0.05) is 37.6 Å². The van der Waals surface area contributed by atoms with Gasteiger partial charge < -0.3 is 10.2 Å². The first kappa shape index (κ1) is 13.0. The molecule has 3 unspecified atom stereocenters. The van der Waals surface area contributed by atoms with E-state index >= 15 is 0 Å². The Bertz CT molecular complexity index is 397. The van der Waals surface area contributed by atoms with Crippen molar-refractivity contribution < 1.29 is 4.79 Å². The summed E-state index contributed by atoms with van der Waals surface area (Å²) in [6, 6.07) is 4.56. The van der Waals surface area contributed by atoms with Gasteiger partial charge in [0.25, 0.3) is 0 Å². The highest BCUT2D eigenvalue weighted by Gasteiger charge is 2.28. The van der Waals surface area contributed by atoms with Gasteiger partial charge in [0.1, 0.15) is 0 Å². The minimum absolute atomic E-state index is 0.115. The number of nitrogens with one attached hydrogen (secondary N) is 1. The molecular formula is C14H21N3O. The molecule has 0 saturated carbocycles. The zero-order chi connectivity index (χ0) is 13.1. The summed E-state index contributed by atoms with van der Waals surface area (Å²) in [6.45, 7) is 7.76. The van der Waals surface area contributed by atoms with Crippen LogP contribution in [0.3, 0.4) is 0 Å². The molecule has 4 heteroatoms. The Balaban J connectivity index is 2.07. The number of carbonyl (C=O) groups excluding carboxylic acids is 1. The summed E-state index contributed by atoms with van der Waals surface area (Å²) >= 11 is 0. The highest BCUT2D eigenvalue weighted by molar-refractivity contribution is 5.83. The minimum atomic E-state index is -0.115. The molecule has 0 aliphatic carbocycles. The number of hydrogen-bond donors (Lipinski definition) is 1. The highest BCUT2D eigenvalue weighted by Crippen LogP contribution is 2.18. The van der Waals surface area contributed by atoms with Gasteiger partial charge in [-0.05, 0) is 32.4 Å². The number of aromatic nitrogens is 1. The molecule has 1 fully saturated rings. The molecule has 1 amide bonds. The van der Waals surface area contributed by atoms with Crippen LogP contribution in [0.25, 0.3) is 0 Å². The van der Waals surface area contributed by atoms with Crippen LogP contribution in [0.1, 0.15) is 32.3 Å². The Morgan fingerprint density at radius 1 is 1.44 bits per heavy atom. The number of piperazine rings is 1. The molecule has 0 spiro atoms. The maximum absolute atomic E-state index is 12.5. The van der Waals surface area contributed by atoms with Crippen LogP contribution in [0.4, 0.5) is 0 Å². The molecule has 2 rings (SSSR count). The van der Waals surface area contributed by atoms with Gasteiger partial charge in [-0.2, -0.15) is 0 Å². The second kappa shape index (κ2) is 5.48. The van der Waals surface area contributed by atoms with Crippen molar-refractivity contribution in [2.45, 2.75) is 38.8 Å². The summed E-state index contributed by atoms with van der Waals surface area (Å²) in [6.07, 6.45) is 3.51. The van der Waals surface area contributed by atoms with Crippen molar-refractivity contribution in [3.8, 4) is 0 Å². The largest absolute Gasteiger partial charge is 0.339 e. The van der Waals surface area contributed by atoms with Crippen molar-refractivity contribution >= 4 is 5.91 Å². The number of carbonyl (C=O) groups is 1. The predicted molar refractivity (Wildman–Crippen MR) is 71.3 cm³/mol. The van der Waals surface area contributed by atoms with Crippen molar-refractivity contribution in [1.82, 2.24) is 15.2 Å². The molecule has 0 aromatic carbocycles. The van der Waals surface area contributed by atoms with Crippen molar-refractivity contribution in [1.29, 1.82) is 0 Å². The van der Waals surface area contributed by atoms with E-state index < -0.39 is 0 Å². The number of amides is 1. The second-order valence-electron chi connectivity index (χ2n) is 5.22. The summed E-state index contributed by atoms with van der Waals surface area (Å²) in [4.78, 5) is 18.5. The van der Waals surface area contributed by atoms with Crippen LogP contribution >= 0.6 is 0 Å². The van der Waals surface area contributed by atoms with Crippen LogP contribution in [-0.2, 0) is 4.79 Å². The average Bonchev–Trinajstić information content (AvgIpc) is 2.37. The first-order valence-electron chi connectivity index (χ1n) is 6.52. The van der Waals surface area contributed by atoms with Crippen LogP contribution in [0.5, 0.6) is 0 Å². The molecule has 3 atom stereocenters. The molecule has 2 heterocycles. The number of hydrogen-bond acceptors (Lipinski definition) is 3. The molecule has 1 aromatic rings. The fourth-order valence-corrected chi connectivity index (χ4v) is 2.56. The van der Waals surface area contributed by atoms with Gasteiger partial charge in [-0.3, -0.25) is 9.78 Å². The van der Waals surface area contributed by atoms with Crippen molar-refractivity contribution in [3.63, 3.8) is 0 Å². The average molecular weight is 247 g/mol. The minimum Gasteiger partial charge on any atom is -0.339 e. The lowest BCUT2D eigenvalue weighted by Crippen LogP contribution is -2.56. The standard InChI is InChI=1S/C14H21N3O/c1-10-8-17(9-11(2)16-10)14(18)12(3)13-5-4-6-15-7-13/h4-7,10-12,16H,8-9H2,1-3H3. The van der Waals surface area contributed by atoms with E-state index in [0.717, 1.165) is 18.7 Å². The normalized spacial score (nSPS) is 25.8. The lowest BCUT2D eigenvalue weighted by atomic mass is 10.0. The maximum atomic E-state index is 12.5. The molecule has 4 nitrogen and oxygen atoms in total. The summed E-state index contributed by atoms with van der Waals surface area (Å²) in [5.74, 6) is 0.0828. The van der Waals surface area contributed by atoms with Crippen LogP contribution in [0.15, 0.2) is 24.5 Å². The van der Waals surface area contributed by atoms with Gasteiger partial charge in [-0.1, -0.05) is 6.07 Å². The van der Waals surface area contributed by atoms with E-state index in [2.05, 4.69) is 24.1 Å². The predicted octanol–water partition coefficient (Wildman–Crippen LogP) is 1.39. The van der Waals surface area contributed by atoms with Crippen molar-refractivity contribution in [3.05, 3.63) is 30.1 Å². The molecule has 0 radical (unpaired) electrons. The van der Waals surface area contributed by atoms with Crippen molar-refractivity contribution in [2.75, 3.05) is 13.1 Å². The summed E-state index contributed by atoms with van der Waals surface area (Å²) in [7, 11) is 0. The lowest BCUT2D eigenvalue weighted by Gasteiger charge is -2.37. The number of rotatable bonds is 2. The van der Waals surface area contributed by atoms with E-state index in [0.29, 0.717) is 12.1 Å².